The molecular formula is C80H57NSi. The van der Waals surface area contributed by atoms with Crippen LogP contribution in [0.2, 0.25) is 0 Å². The third-order valence-corrected chi connectivity index (χ3v) is 21.2. The highest BCUT2D eigenvalue weighted by molar-refractivity contribution is 7.20. The first-order chi connectivity index (χ1) is 40.7. The molecule has 0 aromatic heterocycles. The predicted molar refractivity (Wildman–Crippen MR) is 352 cm³/mol. The first-order valence-electron chi connectivity index (χ1n) is 28.3. The van der Waals surface area contributed by atoms with E-state index in [-0.39, 0.29) is 0 Å². The van der Waals surface area contributed by atoms with E-state index >= 15 is 0 Å². The Labute approximate surface area is 482 Å². The van der Waals surface area contributed by atoms with Crippen molar-refractivity contribution in [3.63, 3.8) is 0 Å². The van der Waals surface area contributed by atoms with Gasteiger partial charge >= 0.3 is 0 Å². The number of benzene rings is 14. The minimum atomic E-state index is -2.88. The van der Waals surface area contributed by atoms with Crippen molar-refractivity contribution in [3.8, 4) is 66.8 Å². The molecule has 14 rings (SSSR count). The van der Waals surface area contributed by atoms with E-state index < -0.39 is 8.07 Å². The van der Waals surface area contributed by atoms with E-state index in [9.17, 15) is 0 Å². The van der Waals surface area contributed by atoms with Crippen molar-refractivity contribution in [1.82, 2.24) is 0 Å². The van der Waals surface area contributed by atoms with Gasteiger partial charge in [-0.3, -0.25) is 0 Å². The van der Waals surface area contributed by atoms with Gasteiger partial charge in [0.2, 0.25) is 0 Å². The molecule has 0 unspecified atom stereocenters. The van der Waals surface area contributed by atoms with E-state index in [2.05, 4.69) is 351 Å². The molecule has 0 aliphatic rings. The summed E-state index contributed by atoms with van der Waals surface area (Å²) >= 11 is 0. The Balaban J connectivity index is 0.996. The molecule has 2 heteroatoms. The largest absolute Gasteiger partial charge is 0.311 e. The molecule has 82 heavy (non-hydrogen) atoms. The highest BCUT2D eigenvalue weighted by Gasteiger charge is 2.41. The first kappa shape index (κ1) is 49.9. The highest BCUT2D eigenvalue weighted by atomic mass is 28.3. The number of hydrogen-bond donors (Lipinski definition) is 0. The predicted octanol–water partition coefficient (Wildman–Crippen LogP) is 18.8. The molecule has 386 valence electrons. The monoisotopic (exact) mass is 1060 g/mol. The lowest BCUT2D eigenvalue weighted by Crippen LogP contribution is -2.74. The van der Waals surface area contributed by atoms with Gasteiger partial charge in [-0.2, -0.15) is 0 Å². The summed E-state index contributed by atoms with van der Waals surface area (Å²) in [5.41, 5.74) is 17.5. The fourth-order valence-electron chi connectivity index (χ4n) is 12.8. The van der Waals surface area contributed by atoms with Crippen LogP contribution < -0.4 is 25.6 Å². The maximum Gasteiger partial charge on any atom is 0.179 e. The molecule has 0 aliphatic heterocycles. The SMILES string of the molecule is c1ccc(-c2c(-c3ccccc3)c(-c3ccccc3)c3c(-c4ccc(N(c5ccc(-c6cccc7ccccc67)cc5)c5cccc([Si](c6ccccc6)(c6ccccc6)c6ccccc6)c5)cc4)cccc3c2-c2ccccc2)cc1. The Kier molecular flexibility index (Phi) is 13.4. The normalized spacial score (nSPS) is 11.4. The fourth-order valence-corrected chi connectivity index (χ4v) is 17.6. The topological polar surface area (TPSA) is 3.24 Å². The average Bonchev–Trinajstić information content (AvgIpc) is 2.70. The van der Waals surface area contributed by atoms with Gasteiger partial charge < -0.3 is 4.90 Å². The summed E-state index contributed by atoms with van der Waals surface area (Å²) in [6.07, 6.45) is 0. The zero-order valence-corrected chi connectivity index (χ0v) is 46.4. The van der Waals surface area contributed by atoms with Gasteiger partial charge in [0.1, 0.15) is 0 Å². The number of fused-ring (bicyclic) bond motifs is 2. The van der Waals surface area contributed by atoms with Crippen LogP contribution in [0.15, 0.2) is 346 Å². The number of nitrogens with zero attached hydrogens (tertiary/aromatic N) is 1. The minimum Gasteiger partial charge on any atom is -0.311 e. The maximum atomic E-state index is 2.48. The van der Waals surface area contributed by atoms with Crippen molar-refractivity contribution in [2.24, 2.45) is 0 Å². The van der Waals surface area contributed by atoms with Crippen molar-refractivity contribution >= 4 is 67.4 Å². The van der Waals surface area contributed by atoms with E-state index in [4.69, 9.17) is 0 Å². The standard InChI is InChI=1S/C80H57NSi/c1-8-28-61(29-9-1)76-75-48-26-47-74(80(75)79(64-34-14-4-15-35-64)78(63-32-12-3-13-33-63)77(76)62-30-10-2-11-31-62)60-51-55-66(56-52-60)81(65-53-49-59(50-54-65)73-46-24-36-58-27-22-23-45-72(58)73)67-37-25-44-71(57-67)82(68-38-16-5-17-39-68,69-40-18-6-19-41-69)70-42-20-7-21-43-70/h1-57H. The molecule has 0 aliphatic carbocycles. The van der Waals surface area contributed by atoms with Crippen LogP contribution in [0, 0.1) is 0 Å². The van der Waals surface area contributed by atoms with Gasteiger partial charge in [-0.15, -0.1) is 0 Å². The molecular weight excluding hydrogens is 1000 g/mol. The second-order valence-electron chi connectivity index (χ2n) is 21.0. The second kappa shape index (κ2) is 22.0. The van der Waals surface area contributed by atoms with Crippen molar-refractivity contribution < 1.29 is 0 Å². The lowest BCUT2D eigenvalue weighted by Gasteiger charge is -2.35. The Morgan fingerprint density at radius 2 is 0.561 bits per heavy atom. The maximum absolute atomic E-state index is 2.88. The van der Waals surface area contributed by atoms with Crippen LogP contribution in [0.1, 0.15) is 0 Å². The van der Waals surface area contributed by atoms with E-state index in [1.807, 2.05) is 0 Å². The average molecular weight is 1060 g/mol. The zero-order valence-electron chi connectivity index (χ0n) is 45.4. The molecule has 0 fully saturated rings. The summed E-state index contributed by atoms with van der Waals surface area (Å²) in [6, 6.07) is 128. The molecule has 0 saturated heterocycles. The molecule has 0 bridgehead atoms. The van der Waals surface area contributed by atoms with E-state index in [1.165, 1.54) is 103 Å². The van der Waals surface area contributed by atoms with Gasteiger partial charge in [-0.1, -0.05) is 309 Å². The first-order valence-corrected chi connectivity index (χ1v) is 30.3. The highest BCUT2D eigenvalue weighted by Crippen LogP contribution is 2.53. The van der Waals surface area contributed by atoms with Gasteiger partial charge in [0.25, 0.3) is 0 Å². The molecule has 0 amide bonds. The van der Waals surface area contributed by atoms with Crippen LogP contribution in [-0.2, 0) is 0 Å². The van der Waals surface area contributed by atoms with E-state index in [0.717, 1.165) is 22.6 Å². The molecule has 0 saturated carbocycles. The minimum absolute atomic E-state index is 1.06. The Hall–Kier alpha value is -10.4. The summed E-state index contributed by atoms with van der Waals surface area (Å²) < 4.78 is 0. The Morgan fingerprint density at radius 3 is 1.07 bits per heavy atom. The molecule has 0 spiro atoms. The molecule has 0 radical (unpaired) electrons. The van der Waals surface area contributed by atoms with Crippen LogP contribution in [0.4, 0.5) is 17.1 Å². The van der Waals surface area contributed by atoms with Crippen LogP contribution in [0.25, 0.3) is 88.3 Å². The fraction of sp³-hybridized carbons (Fsp3) is 0. The molecule has 0 atom stereocenters. The van der Waals surface area contributed by atoms with Crippen LogP contribution in [0.5, 0.6) is 0 Å². The van der Waals surface area contributed by atoms with Crippen molar-refractivity contribution in [2.45, 2.75) is 0 Å². The van der Waals surface area contributed by atoms with Crippen molar-refractivity contribution in [1.29, 1.82) is 0 Å². The zero-order chi connectivity index (χ0) is 54.7. The van der Waals surface area contributed by atoms with Crippen LogP contribution >= 0.6 is 0 Å². The summed E-state index contributed by atoms with van der Waals surface area (Å²) in [5, 5.41) is 10.2. The van der Waals surface area contributed by atoms with Gasteiger partial charge in [0.15, 0.2) is 8.07 Å². The van der Waals surface area contributed by atoms with Gasteiger partial charge in [0.05, 0.1) is 0 Å². The third kappa shape index (κ3) is 9.02. The molecule has 14 aromatic carbocycles. The lowest BCUT2D eigenvalue weighted by molar-refractivity contribution is 1.29. The van der Waals surface area contributed by atoms with E-state index in [1.54, 1.807) is 0 Å². The van der Waals surface area contributed by atoms with Gasteiger partial charge in [0, 0.05) is 17.1 Å². The van der Waals surface area contributed by atoms with Crippen molar-refractivity contribution in [3.05, 3.63) is 346 Å². The number of anilines is 3. The quantitative estimate of drug-likeness (QED) is 0.0822. The van der Waals surface area contributed by atoms with E-state index in [0.29, 0.717) is 0 Å². The smallest absolute Gasteiger partial charge is 0.179 e. The molecule has 0 N–H and O–H groups in total. The van der Waals surface area contributed by atoms with Gasteiger partial charge in [-0.05, 0) is 145 Å². The summed E-state index contributed by atoms with van der Waals surface area (Å²) in [7, 11) is -2.88. The van der Waals surface area contributed by atoms with Crippen LogP contribution in [0.3, 0.4) is 0 Å². The molecule has 1 nitrogen and oxygen atoms in total. The lowest BCUT2D eigenvalue weighted by atomic mass is 9.77. The summed E-state index contributed by atoms with van der Waals surface area (Å²) in [6.45, 7) is 0. The second-order valence-corrected chi connectivity index (χ2v) is 24.9. The number of rotatable bonds is 13. The Bertz CT molecular complexity index is 4390. The molecule has 0 heterocycles. The molecule has 14 aromatic rings. The summed E-state index contributed by atoms with van der Waals surface area (Å²) in [5.74, 6) is 0. The number of hydrogen-bond acceptors (Lipinski definition) is 1. The van der Waals surface area contributed by atoms with Crippen LogP contribution in [-0.4, -0.2) is 8.07 Å². The third-order valence-electron chi connectivity index (χ3n) is 16.4. The van der Waals surface area contributed by atoms with Crippen molar-refractivity contribution in [2.75, 3.05) is 4.90 Å². The summed E-state index contributed by atoms with van der Waals surface area (Å²) in [4.78, 5) is 2.45. The Morgan fingerprint density at radius 1 is 0.207 bits per heavy atom. The van der Waals surface area contributed by atoms with Gasteiger partial charge in [-0.25, -0.2) is 0 Å².